The number of hydrogen-bond donors (Lipinski definition) is 0. The molecular weight excluding hydrogens is 262 g/mol. The van der Waals surface area contributed by atoms with E-state index >= 15 is 0 Å². The fourth-order valence-electron chi connectivity index (χ4n) is 3.54. The van der Waals surface area contributed by atoms with E-state index in [1.165, 1.54) is 0 Å². The number of carbonyl (C=O) groups excluding carboxylic acids is 2. The van der Waals surface area contributed by atoms with Gasteiger partial charge >= 0.3 is 0 Å². The van der Waals surface area contributed by atoms with E-state index in [0.29, 0.717) is 6.54 Å². The Kier molecular flexibility index (Phi) is 3.96. The van der Waals surface area contributed by atoms with Gasteiger partial charge in [0, 0.05) is 6.54 Å². The molecule has 1 heterocycles. The lowest BCUT2D eigenvalue weighted by Gasteiger charge is -2.29. The van der Waals surface area contributed by atoms with E-state index < -0.39 is 11.5 Å². The lowest BCUT2D eigenvalue weighted by molar-refractivity contribution is -0.131. The number of benzene rings is 1. The van der Waals surface area contributed by atoms with Gasteiger partial charge in [-0.15, -0.1) is 0 Å². The summed E-state index contributed by atoms with van der Waals surface area (Å²) in [6, 6.07) is 4.11. The van der Waals surface area contributed by atoms with E-state index in [4.69, 9.17) is 0 Å². The molecule has 21 heavy (non-hydrogen) atoms. The van der Waals surface area contributed by atoms with Crippen LogP contribution in [0.2, 0.25) is 0 Å². The Balaban J connectivity index is 2.55. The molecule has 2 rings (SSSR count). The van der Waals surface area contributed by atoms with Gasteiger partial charge in [-0.2, -0.15) is 0 Å². The van der Waals surface area contributed by atoms with Crippen molar-refractivity contribution in [3.63, 3.8) is 0 Å². The summed E-state index contributed by atoms with van der Waals surface area (Å²) in [7, 11) is 0. The molecule has 1 saturated heterocycles. The lowest BCUT2D eigenvalue weighted by atomic mass is 9.84. The van der Waals surface area contributed by atoms with Gasteiger partial charge in [-0.05, 0) is 57.7 Å². The number of amides is 1. The second-order valence-corrected chi connectivity index (χ2v) is 6.66. The maximum Gasteiger partial charge on any atom is 0.238 e. The lowest BCUT2D eigenvalue weighted by Crippen LogP contribution is -2.44. The molecule has 1 amide bonds. The largest absolute Gasteiger partial charge is 0.330 e. The van der Waals surface area contributed by atoms with Crippen molar-refractivity contribution in [2.24, 2.45) is 0 Å². The zero-order valence-corrected chi connectivity index (χ0v) is 13.9. The second kappa shape index (κ2) is 5.28. The molecule has 3 nitrogen and oxygen atoms in total. The minimum atomic E-state index is -0.707. The van der Waals surface area contributed by atoms with Gasteiger partial charge in [0.05, 0.1) is 5.54 Å². The van der Waals surface area contributed by atoms with Crippen LogP contribution in [0, 0.1) is 20.8 Å². The summed E-state index contributed by atoms with van der Waals surface area (Å²) in [5.41, 5.74) is 3.43. The third-order valence-electron chi connectivity index (χ3n) is 4.53. The zero-order valence-electron chi connectivity index (χ0n) is 13.9. The highest BCUT2D eigenvalue weighted by Crippen LogP contribution is 2.39. The van der Waals surface area contributed by atoms with Gasteiger partial charge < -0.3 is 4.90 Å². The smallest absolute Gasteiger partial charge is 0.238 e. The van der Waals surface area contributed by atoms with E-state index in [-0.39, 0.29) is 11.7 Å². The van der Waals surface area contributed by atoms with Gasteiger partial charge in [-0.1, -0.05) is 24.6 Å². The first-order chi connectivity index (χ1) is 9.71. The van der Waals surface area contributed by atoms with Crippen molar-refractivity contribution in [1.82, 2.24) is 4.90 Å². The molecule has 1 aliphatic heterocycles. The monoisotopic (exact) mass is 287 g/mol. The molecule has 1 aromatic carbocycles. The maximum atomic E-state index is 12.9. The Morgan fingerprint density at radius 3 is 2.10 bits per heavy atom. The minimum Gasteiger partial charge on any atom is -0.330 e. The molecule has 1 unspecified atom stereocenters. The van der Waals surface area contributed by atoms with E-state index in [2.05, 4.69) is 12.1 Å². The highest BCUT2D eigenvalue weighted by Gasteiger charge is 2.53. The Labute approximate surface area is 127 Å². The Hall–Kier alpha value is -1.64. The summed E-state index contributed by atoms with van der Waals surface area (Å²) in [6.07, 6.45) is 0.862. The molecule has 0 spiro atoms. The topological polar surface area (TPSA) is 37.4 Å². The first kappa shape index (κ1) is 15.7. The molecule has 114 valence electrons. The summed E-state index contributed by atoms with van der Waals surface area (Å²) in [5.74, 6) is -0.648. The molecule has 0 aliphatic carbocycles. The van der Waals surface area contributed by atoms with Crippen LogP contribution in [0.3, 0.4) is 0 Å². The van der Waals surface area contributed by atoms with Crippen LogP contribution in [-0.4, -0.2) is 28.7 Å². The second-order valence-electron chi connectivity index (χ2n) is 6.66. The zero-order chi connectivity index (χ0) is 15.9. The predicted molar refractivity (Wildman–Crippen MR) is 84.5 cm³/mol. The third-order valence-corrected chi connectivity index (χ3v) is 4.53. The first-order valence-electron chi connectivity index (χ1n) is 7.65. The molecule has 0 bridgehead atoms. The first-order valence-corrected chi connectivity index (χ1v) is 7.65. The van der Waals surface area contributed by atoms with Crippen molar-refractivity contribution in [3.8, 4) is 0 Å². The van der Waals surface area contributed by atoms with Gasteiger partial charge in [-0.25, -0.2) is 0 Å². The molecule has 3 heteroatoms. The standard InChI is InChI=1S/C18H25NO2/c1-7-8-19-17(21)15(16(20)18(19,5)6)14-12(3)9-11(2)10-13(14)4/h9-10,15H,7-8H2,1-6H3. The van der Waals surface area contributed by atoms with E-state index in [1.54, 1.807) is 4.90 Å². The van der Waals surface area contributed by atoms with Crippen molar-refractivity contribution in [2.45, 2.75) is 59.4 Å². The van der Waals surface area contributed by atoms with Crippen LogP contribution in [-0.2, 0) is 9.59 Å². The molecule has 0 aromatic heterocycles. The van der Waals surface area contributed by atoms with E-state index in [1.807, 2.05) is 41.5 Å². The molecule has 1 aliphatic rings. The normalized spacial score (nSPS) is 21.2. The number of ketones is 1. The van der Waals surface area contributed by atoms with Crippen molar-refractivity contribution in [2.75, 3.05) is 6.54 Å². The summed E-state index contributed by atoms with van der Waals surface area (Å²) < 4.78 is 0. The third kappa shape index (κ3) is 2.39. The fourth-order valence-corrected chi connectivity index (χ4v) is 3.54. The van der Waals surface area contributed by atoms with Crippen molar-refractivity contribution >= 4 is 11.7 Å². The summed E-state index contributed by atoms with van der Waals surface area (Å²) in [6.45, 7) is 12.4. The molecule has 1 fully saturated rings. The van der Waals surface area contributed by atoms with Crippen molar-refractivity contribution in [3.05, 3.63) is 34.4 Å². The molecular formula is C18H25NO2. The van der Waals surface area contributed by atoms with Crippen LogP contribution in [0.5, 0.6) is 0 Å². The SMILES string of the molecule is CCCN1C(=O)C(c2c(C)cc(C)cc2C)C(=O)C1(C)C. The molecule has 1 atom stereocenters. The Morgan fingerprint density at radius 2 is 1.62 bits per heavy atom. The Bertz CT molecular complexity index is 578. The quantitative estimate of drug-likeness (QED) is 0.800. The average molecular weight is 287 g/mol. The maximum absolute atomic E-state index is 12.9. The summed E-state index contributed by atoms with van der Waals surface area (Å²) >= 11 is 0. The molecule has 1 aromatic rings. The average Bonchev–Trinajstić information content (AvgIpc) is 2.52. The van der Waals surface area contributed by atoms with Crippen LogP contribution in [0.4, 0.5) is 0 Å². The Morgan fingerprint density at radius 1 is 1.10 bits per heavy atom. The van der Waals surface area contributed by atoms with Crippen LogP contribution in [0.15, 0.2) is 12.1 Å². The van der Waals surface area contributed by atoms with Crippen LogP contribution >= 0.6 is 0 Å². The van der Waals surface area contributed by atoms with Gasteiger partial charge in [0.2, 0.25) is 5.91 Å². The number of rotatable bonds is 3. The number of likely N-dealkylation sites (tertiary alicyclic amines) is 1. The van der Waals surface area contributed by atoms with Gasteiger partial charge in [0.15, 0.2) is 5.78 Å². The van der Waals surface area contributed by atoms with Crippen LogP contribution < -0.4 is 0 Å². The van der Waals surface area contributed by atoms with Crippen LogP contribution in [0.25, 0.3) is 0 Å². The molecule has 0 N–H and O–H groups in total. The predicted octanol–water partition coefficient (Wildman–Crippen LogP) is 3.30. The number of Topliss-reactive ketones (excluding diaryl/α,β-unsaturated/α-hetero) is 1. The number of aryl methyl sites for hydroxylation is 3. The van der Waals surface area contributed by atoms with Crippen molar-refractivity contribution in [1.29, 1.82) is 0 Å². The number of carbonyl (C=O) groups is 2. The van der Waals surface area contributed by atoms with Gasteiger partial charge in [0.25, 0.3) is 0 Å². The molecule has 0 radical (unpaired) electrons. The van der Waals surface area contributed by atoms with E-state index in [9.17, 15) is 9.59 Å². The van der Waals surface area contributed by atoms with Gasteiger partial charge in [-0.3, -0.25) is 9.59 Å². The summed E-state index contributed by atoms with van der Waals surface area (Å²) in [5, 5.41) is 0. The number of nitrogens with zero attached hydrogens (tertiary/aromatic N) is 1. The summed E-state index contributed by atoms with van der Waals surface area (Å²) in [4.78, 5) is 27.4. The highest BCUT2D eigenvalue weighted by atomic mass is 16.2. The van der Waals surface area contributed by atoms with Crippen molar-refractivity contribution < 1.29 is 9.59 Å². The van der Waals surface area contributed by atoms with E-state index in [0.717, 1.165) is 28.7 Å². The molecule has 0 saturated carbocycles. The minimum absolute atomic E-state index is 0.0241. The van der Waals surface area contributed by atoms with Crippen LogP contribution in [0.1, 0.15) is 55.4 Å². The highest BCUT2D eigenvalue weighted by molar-refractivity contribution is 6.17. The van der Waals surface area contributed by atoms with Gasteiger partial charge in [0.1, 0.15) is 5.92 Å². The number of hydrogen-bond acceptors (Lipinski definition) is 2. The fraction of sp³-hybridized carbons (Fsp3) is 0.556.